The largest absolute Gasteiger partial charge is 0.445 e. The van der Waals surface area contributed by atoms with Crippen molar-refractivity contribution in [1.82, 2.24) is 30.2 Å². The number of amides is 4. The van der Waals surface area contributed by atoms with Gasteiger partial charge in [0.2, 0.25) is 0 Å². The molecule has 0 spiro atoms. The lowest BCUT2D eigenvalue weighted by molar-refractivity contribution is -0.0180. The molecule has 3 aromatic rings. The van der Waals surface area contributed by atoms with E-state index in [1.165, 1.54) is 4.90 Å². The summed E-state index contributed by atoms with van der Waals surface area (Å²) >= 11 is 0. The maximum absolute atomic E-state index is 12.0. The molecule has 94 heavy (non-hydrogen) atoms. The molecule has 24 nitrogen and oxygen atoms in total. The Labute approximate surface area is 564 Å². The van der Waals surface area contributed by atoms with Crippen molar-refractivity contribution in [2.24, 2.45) is 11.8 Å². The second kappa shape index (κ2) is 51.1. The van der Waals surface area contributed by atoms with E-state index in [2.05, 4.69) is 16.7 Å². The van der Waals surface area contributed by atoms with Gasteiger partial charge in [0.15, 0.2) is 0 Å². The van der Waals surface area contributed by atoms with E-state index in [1.54, 1.807) is 14.7 Å². The van der Waals surface area contributed by atoms with Crippen molar-refractivity contribution in [3.63, 3.8) is 0 Å². The monoisotopic (exact) mass is 1340 g/mol. The number of epoxide rings is 1. The van der Waals surface area contributed by atoms with Crippen LogP contribution in [0.5, 0.6) is 0 Å². The van der Waals surface area contributed by atoms with Crippen LogP contribution in [0.1, 0.15) is 58.7 Å². The number of nitrogens with one attached hydrogen (secondary N) is 2. The minimum Gasteiger partial charge on any atom is -0.445 e. The summed E-state index contributed by atoms with van der Waals surface area (Å²) in [5.41, 5.74) is 2.48. The molecule has 0 aromatic heterocycles. The van der Waals surface area contributed by atoms with Crippen LogP contribution >= 0.6 is 12.4 Å². The van der Waals surface area contributed by atoms with Crippen molar-refractivity contribution < 1.29 is 86.6 Å². The zero-order valence-electron chi connectivity index (χ0n) is 55.3. The zero-order chi connectivity index (χ0) is 66.4. The molecular weight excluding hydrogens is 1240 g/mol. The van der Waals surface area contributed by atoms with E-state index in [9.17, 15) is 29.4 Å². The second-order valence-electron chi connectivity index (χ2n) is 23.0. The van der Waals surface area contributed by atoms with E-state index >= 15 is 0 Å². The summed E-state index contributed by atoms with van der Waals surface area (Å²) < 4.78 is 58.2. The van der Waals surface area contributed by atoms with Crippen molar-refractivity contribution in [2.45, 2.75) is 91.9 Å². The van der Waals surface area contributed by atoms with Crippen LogP contribution < -0.4 is 10.6 Å². The molecule has 3 aromatic carbocycles. The van der Waals surface area contributed by atoms with Gasteiger partial charge in [-0.25, -0.2) is 19.2 Å². The maximum atomic E-state index is 12.0. The molecular formula is C69H109ClN6O18. The van der Waals surface area contributed by atoms with Crippen LogP contribution in [-0.2, 0) is 71.9 Å². The fourth-order valence-corrected chi connectivity index (χ4v) is 8.63. The number of aliphatic hydroxyl groups is 3. The molecule has 7 aliphatic rings. The molecule has 7 aliphatic heterocycles. The van der Waals surface area contributed by atoms with Crippen molar-refractivity contribution in [2.75, 3.05) is 165 Å². The molecule has 6 atom stereocenters. The van der Waals surface area contributed by atoms with Gasteiger partial charge < -0.3 is 97.7 Å². The van der Waals surface area contributed by atoms with Crippen molar-refractivity contribution >= 4 is 36.8 Å². The van der Waals surface area contributed by atoms with E-state index in [1.807, 2.05) is 156 Å². The van der Waals surface area contributed by atoms with Gasteiger partial charge >= 0.3 is 24.4 Å². The molecule has 4 amide bonds. The number of β-amino-alcohol motifs (C(OH)–C–C–N with tert-alkyl or cyclic N) is 2. The second-order valence-corrected chi connectivity index (χ2v) is 23.0. The highest BCUT2D eigenvalue weighted by molar-refractivity contribution is 5.85. The number of hydrogen-bond acceptors (Lipinski definition) is 20. The van der Waals surface area contributed by atoms with Crippen LogP contribution in [0.15, 0.2) is 127 Å². The van der Waals surface area contributed by atoms with Crippen LogP contribution in [0.4, 0.5) is 19.2 Å². The molecule has 5 N–H and O–H groups in total. The Balaban J connectivity index is 0.000000388. The van der Waals surface area contributed by atoms with E-state index in [0.29, 0.717) is 125 Å². The number of fused-ring (bicyclic) bond motifs is 1. The Hall–Kier alpha value is -6.23. The molecule has 0 bridgehead atoms. The van der Waals surface area contributed by atoms with Gasteiger partial charge in [-0.15, -0.1) is 12.4 Å². The van der Waals surface area contributed by atoms with Crippen molar-refractivity contribution in [3.05, 3.63) is 144 Å². The van der Waals surface area contributed by atoms with Gasteiger partial charge in [0, 0.05) is 84.4 Å². The summed E-state index contributed by atoms with van der Waals surface area (Å²) in [4.78, 5) is 54.0. The van der Waals surface area contributed by atoms with Crippen LogP contribution in [0.3, 0.4) is 0 Å². The molecule has 0 aliphatic carbocycles. The normalized spacial score (nSPS) is 22.8. The van der Waals surface area contributed by atoms with E-state index in [4.69, 9.17) is 57.2 Å². The van der Waals surface area contributed by atoms with Gasteiger partial charge in [-0.2, -0.15) is 0 Å². The van der Waals surface area contributed by atoms with Crippen molar-refractivity contribution in [1.29, 1.82) is 0 Å². The number of ether oxygens (including phenoxy) is 11. The average Bonchev–Trinajstić information content (AvgIpc) is 1.78. The van der Waals surface area contributed by atoms with E-state index in [0.717, 1.165) is 63.3 Å². The molecule has 25 heteroatoms. The van der Waals surface area contributed by atoms with Crippen LogP contribution in [0.2, 0.25) is 0 Å². The number of nitrogens with zero attached hydrogens (tertiary/aromatic N) is 4. The number of rotatable bonds is 6. The number of halogens is 1. The standard InChI is InChI=1S/C15H21NO4.C14H17NO4.C14H17NO3.C11H19NO3.C7H15NO2.C6H11NO.CH4O.CH4.ClH/c1-12-10-19-8-7-16(9-14(12)17)15(18)20-11-13-5-3-2-4-6-13;16-14(18-9-11-4-2-1-3-5-11)15-6-7-17-10-13-12(8-15)19-13;16-14(15-8-4-5-10-17-11-9-15)18-12-13-6-2-1-3-7-13;1-11(2,3)15-10(13)12-6-4-5-8-14-9-7-12;1-6-5-10-3-2-8-4-7(6)9;1-2-5-8-6-4-7-3-1;1-2;;/h2-6,12,14,17H,7-11H2,1H3;1-5,12-13H,6-10H2;1-7H,8-12H2;4-5H,6-9H2,1-3H3;6-9H,2-5H2,1H3;1-2,7H,3-6H2;2H,1H3;1H4;1H/b;;2*5-4-;;;;;/t12-,14-;;;;6-,7-;;;;/m0...0..../s1. The van der Waals surface area contributed by atoms with Crippen LogP contribution in [0.25, 0.3) is 0 Å². The first-order valence-electron chi connectivity index (χ1n) is 31.8. The number of carbonyl (C=O) groups excluding carboxylic acids is 4. The third kappa shape index (κ3) is 38.4. The highest BCUT2D eigenvalue weighted by atomic mass is 35.5. The first-order valence-corrected chi connectivity index (χ1v) is 31.8. The molecule has 10 rings (SSSR count). The summed E-state index contributed by atoms with van der Waals surface area (Å²) in [6, 6.07) is 28.8. The van der Waals surface area contributed by atoms with Gasteiger partial charge in [-0.1, -0.05) is 149 Å². The molecule has 0 saturated carbocycles. The Morgan fingerprint density at radius 2 is 0.883 bits per heavy atom. The molecule has 530 valence electrons. The molecule has 0 radical (unpaired) electrons. The third-order valence-corrected chi connectivity index (χ3v) is 14.2. The first-order chi connectivity index (χ1) is 44.6. The minimum atomic E-state index is -0.584. The Morgan fingerprint density at radius 3 is 1.39 bits per heavy atom. The van der Waals surface area contributed by atoms with Crippen LogP contribution in [0, 0.1) is 11.8 Å². The number of benzene rings is 3. The molecule has 2 unspecified atom stereocenters. The lowest BCUT2D eigenvalue weighted by Gasteiger charge is -2.30. The lowest BCUT2D eigenvalue weighted by atomic mass is 10.1. The van der Waals surface area contributed by atoms with Gasteiger partial charge in [0.25, 0.3) is 0 Å². The van der Waals surface area contributed by atoms with Gasteiger partial charge in [0.1, 0.15) is 37.6 Å². The van der Waals surface area contributed by atoms with Gasteiger partial charge in [-0.3, -0.25) is 0 Å². The average molecular weight is 1350 g/mol. The van der Waals surface area contributed by atoms with E-state index in [-0.39, 0.29) is 81.4 Å². The topological polar surface area (TPSA) is 271 Å². The summed E-state index contributed by atoms with van der Waals surface area (Å²) in [6.45, 7) is 25.6. The van der Waals surface area contributed by atoms with Gasteiger partial charge in [-0.05, 0) is 37.5 Å². The third-order valence-electron chi connectivity index (χ3n) is 14.2. The SMILES string of the molecule is C.C1=CCOCCNC1.CC(C)(C)OC(=O)N1C/C=C\COCC1.CO.C[C@H]1COCCN(C(=O)OCc2ccccc2)C[C@@H]1O.C[C@H]1COCCNC[C@@H]1O.Cl.O=C(OCc1ccccc1)N1C/C=C\COCC1.O=C(OCc1ccccc1)N1CCOCC2OC2C1. The van der Waals surface area contributed by atoms with Gasteiger partial charge in [0.05, 0.1) is 105 Å². The summed E-state index contributed by atoms with van der Waals surface area (Å²) in [5, 5.41) is 32.6. The maximum Gasteiger partial charge on any atom is 0.410 e. The predicted molar refractivity (Wildman–Crippen MR) is 362 cm³/mol. The highest BCUT2D eigenvalue weighted by Gasteiger charge is 2.42. The lowest BCUT2D eigenvalue weighted by Crippen LogP contribution is -2.44. The minimum absolute atomic E-state index is 0. The summed E-state index contributed by atoms with van der Waals surface area (Å²) in [7, 11) is 1.00. The summed E-state index contributed by atoms with van der Waals surface area (Å²) in [5.74, 6) is 0.271. The van der Waals surface area contributed by atoms with E-state index < -0.39 is 17.8 Å². The smallest absolute Gasteiger partial charge is 0.410 e. The Kier molecular flexibility index (Phi) is 45.6. The fourth-order valence-electron chi connectivity index (χ4n) is 8.63. The molecule has 4 fully saturated rings. The Bertz CT molecular complexity index is 2500. The fraction of sp³-hybridized carbons (Fsp3) is 0.594. The van der Waals surface area contributed by atoms with Crippen LogP contribution in [-0.4, -0.2) is 254 Å². The predicted octanol–water partition coefficient (Wildman–Crippen LogP) is 7.53. The van der Waals surface area contributed by atoms with Crippen molar-refractivity contribution in [3.8, 4) is 0 Å². The summed E-state index contributed by atoms with van der Waals surface area (Å²) in [6.07, 6.45) is 9.93. The highest BCUT2D eigenvalue weighted by Crippen LogP contribution is 2.25. The molecule has 7 heterocycles. The number of hydrogen-bond donors (Lipinski definition) is 5. The first kappa shape index (κ1) is 83.9. The quantitative estimate of drug-likeness (QED) is 0.0906. The number of aliphatic hydroxyl groups excluding tert-OH is 3. The number of carbonyl (C=O) groups is 4. The molecule has 4 saturated heterocycles. The zero-order valence-corrected chi connectivity index (χ0v) is 56.2. The Morgan fingerprint density at radius 1 is 0.489 bits per heavy atom.